The van der Waals surface area contributed by atoms with E-state index in [4.69, 9.17) is 5.26 Å². The van der Waals surface area contributed by atoms with Gasteiger partial charge >= 0.3 is 0 Å². The van der Waals surface area contributed by atoms with Crippen molar-refractivity contribution in [2.45, 2.75) is 31.8 Å². The van der Waals surface area contributed by atoms with Gasteiger partial charge in [-0.15, -0.1) is 0 Å². The first-order chi connectivity index (χ1) is 8.20. The zero-order valence-electron chi connectivity index (χ0n) is 9.42. The molecule has 1 saturated carbocycles. The summed E-state index contributed by atoms with van der Waals surface area (Å²) < 4.78 is 13.8. The average Bonchev–Trinajstić information content (AvgIpc) is 2.78. The maximum absolute atomic E-state index is 13.3. The number of halogens is 2. The molecule has 2 rings (SSSR count). The first kappa shape index (κ1) is 12.5. The second-order valence-electron chi connectivity index (χ2n) is 4.40. The minimum atomic E-state index is -0.243. The van der Waals surface area contributed by atoms with E-state index < -0.39 is 0 Å². The van der Waals surface area contributed by atoms with Gasteiger partial charge in [0.05, 0.1) is 16.5 Å². The van der Waals surface area contributed by atoms with E-state index >= 15 is 0 Å². The molecule has 17 heavy (non-hydrogen) atoms. The molecule has 1 aliphatic carbocycles. The van der Waals surface area contributed by atoms with E-state index in [2.05, 4.69) is 27.3 Å². The standard InChI is InChI=1S/C13H14BrFN2/c14-11-5-4-9(6-12(11)15)8-17-13-3-1-2-10(13)7-16/h4-6,10,13,17H,1-3,8H2. The van der Waals surface area contributed by atoms with Crippen LogP contribution in [-0.2, 0) is 6.54 Å². The third-order valence-corrected chi connectivity index (χ3v) is 3.88. The van der Waals surface area contributed by atoms with Crippen molar-refractivity contribution in [1.29, 1.82) is 5.26 Å². The predicted molar refractivity (Wildman–Crippen MR) is 67.7 cm³/mol. The van der Waals surface area contributed by atoms with Gasteiger partial charge in [0.1, 0.15) is 5.82 Å². The molecule has 1 aliphatic rings. The van der Waals surface area contributed by atoms with Crippen LogP contribution in [0.2, 0.25) is 0 Å². The number of benzene rings is 1. The lowest BCUT2D eigenvalue weighted by Crippen LogP contribution is -2.31. The molecule has 1 fully saturated rings. The van der Waals surface area contributed by atoms with Crippen molar-refractivity contribution in [2.75, 3.05) is 0 Å². The van der Waals surface area contributed by atoms with E-state index in [1.807, 2.05) is 6.07 Å². The molecule has 1 aromatic rings. The van der Waals surface area contributed by atoms with Crippen LogP contribution in [0.1, 0.15) is 24.8 Å². The maximum Gasteiger partial charge on any atom is 0.137 e. The molecule has 0 radical (unpaired) electrons. The number of hydrogen-bond donors (Lipinski definition) is 1. The fraction of sp³-hybridized carbons (Fsp3) is 0.462. The average molecular weight is 297 g/mol. The van der Waals surface area contributed by atoms with E-state index in [-0.39, 0.29) is 17.8 Å². The Labute approximate surface area is 109 Å². The van der Waals surface area contributed by atoms with E-state index in [0.717, 1.165) is 24.8 Å². The molecule has 0 amide bonds. The van der Waals surface area contributed by atoms with Crippen LogP contribution in [0, 0.1) is 23.1 Å². The second-order valence-corrected chi connectivity index (χ2v) is 5.26. The van der Waals surface area contributed by atoms with Gasteiger partial charge in [-0.2, -0.15) is 5.26 Å². The largest absolute Gasteiger partial charge is 0.309 e. The summed E-state index contributed by atoms with van der Waals surface area (Å²) in [6.45, 7) is 0.618. The van der Waals surface area contributed by atoms with Gasteiger partial charge in [0.15, 0.2) is 0 Å². The van der Waals surface area contributed by atoms with E-state index in [1.54, 1.807) is 6.07 Å². The van der Waals surface area contributed by atoms with Crippen LogP contribution < -0.4 is 5.32 Å². The smallest absolute Gasteiger partial charge is 0.137 e. The lowest BCUT2D eigenvalue weighted by Gasteiger charge is -2.15. The van der Waals surface area contributed by atoms with Gasteiger partial charge in [-0.3, -0.25) is 0 Å². The summed E-state index contributed by atoms with van der Waals surface area (Å²) in [5, 5.41) is 12.3. The predicted octanol–water partition coefficient (Wildman–Crippen LogP) is 3.37. The summed E-state index contributed by atoms with van der Waals surface area (Å²) in [5.41, 5.74) is 0.911. The quantitative estimate of drug-likeness (QED) is 0.928. The molecule has 1 aromatic carbocycles. The first-order valence-corrected chi connectivity index (χ1v) is 6.57. The number of rotatable bonds is 3. The molecule has 90 valence electrons. The molecule has 0 saturated heterocycles. The van der Waals surface area contributed by atoms with Crippen molar-refractivity contribution in [3.8, 4) is 6.07 Å². The van der Waals surface area contributed by atoms with Gasteiger partial charge in [-0.25, -0.2) is 4.39 Å². The number of nitriles is 1. The third kappa shape index (κ3) is 3.05. The molecular formula is C13H14BrFN2. The van der Waals surface area contributed by atoms with Gasteiger partial charge in [-0.1, -0.05) is 12.5 Å². The van der Waals surface area contributed by atoms with Gasteiger partial charge < -0.3 is 5.32 Å². The number of hydrogen-bond acceptors (Lipinski definition) is 2. The normalized spacial score (nSPS) is 23.6. The zero-order chi connectivity index (χ0) is 12.3. The molecule has 2 nitrogen and oxygen atoms in total. The third-order valence-electron chi connectivity index (χ3n) is 3.23. The summed E-state index contributed by atoms with van der Waals surface area (Å²) in [7, 11) is 0. The minimum absolute atomic E-state index is 0.107. The molecule has 1 N–H and O–H groups in total. The van der Waals surface area contributed by atoms with Crippen molar-refractivity contribution in [3.05, 3.63) is 34.1 Å². The fourth-order valence-corrected chi connectivity index (χ4v) is 2.50. The van der Waals surface area contributed by atoms with Crippen LogP contribution in [0.4, 0.5) is 4.39 Å². The van der Waals surface area contributed by atoms with Crippen LogP contribution in [0.25, 0.3) is 0 Å². The highest BCUT2D eigenvalue weighted by molar-refractivity contribution is 9.10. The van der Waals surface area contributed by atoms with Crippen LogP contribution in [0.15, 0.2) is 22.7 Å². The molecule has 2 atom stereocenters. The summed E-state index contributed by atoms with van der Waals surface area (Å²) in [5.74, 6) is -0.136. The summed E-state index contributed by atoms with van der Waals surface area (Å²) >= 11 is 3.13. The monoisotopic (exact) mass is 296 g/mol. The topological polar surface area (TPSA) is 35.8 Å². The molecule has 0 aliphatic heterocycles. The Hall–Kier alpha value is -0.920. The Morgan fingerprint density at radius 2 is 2.29 bits per heavy atom. The van der Waals surface area contributed by atoms with Crippen LogP contribution >= 0.6 is 15.9 Å². The van der Waals surface area contributed by atoms with Crippen molar-refractivity contribution in [3.63, 3.8) is 0 Å². The highest BCUT2D eigenvalue weighted by Gasteiger charge is 2.26. The molecule has 0 bridgehead atoms. The Bertz CT molecular complexity index is 442. The molecule has 4 heteroatoms. The molecule has 0 heterocycles. The molecule has 0 aromatic heterocycles. The van der Waals surface area contributed by atoms with Crippen molar-refractivity contribution in [2.24, 2.45) is 5.92 Å². The fourth-order valence-electron chi connectivity index (χ4n) is 2.26. The zero-order valence-corrected chi connectivity index (χ0v) is 11.0. The molecule has 0 spiro atoms. The van der Waals surface area contributed by atoms with Crippen molar-refractivity contribution < 1.29 is 4.39 Å². The van der Waals surface area contributed by atoms with Gasteiger partial charge in [0.2, 0.25) is 0 Å². The first-order valence-electron chi connectivity index (χ1n) is 5.77. The lowest BCUT2D eigenvalue weighted by molar-refractivity contribution is 0.463. The van der Waals surface area contributed by atoms with Gasteiger partial charge in [0, 0.05) is 12.6 Å². The summed E-state index contributed by atoms with van der Waals surface area (Å²) in [6.07, 6.45) is 3.12. The van der Waals surface area contributed by atoms with Crippen LogP contribution in [0.3, 0.4) is 0 Å². The van der Waals surface area contributed by atoms with Crippen LogP contribution in [-0.4, -0.2) is 6.04 Å². The van der Waals surface area contributed by atoms with Crippen molar-refractivity contribution >= 4 is 15.9 Å². The Balaban J connectivity index is 1.93. The maximum atomic E-state index is 13.3. The lowest BCUT2D eigenvalue weighted by atomic mass is 10.1. The number of nitrogens with zero attached hydrogens (tertiary/aromatic N) is 1. The second kappa shape index (κ2) is 5.61. The highest BCUT2D eigenvalue weighted by atomic mass is 79.9. The SMILES string of the molecule is N#CC1CCCC1NCc1ccc(Br)c(F)c1. The van der Waals surface area contributed by atoms with Gasteiger partial charge in [0.25, 0.3) is 0 Å². The summed E-state index contributed by atoms with van der Waals surface area (Å²) in [4.78, 5) is 0. The Morgan fingerprint density at radius 3 is 3.00 bits per heavy atom. The van der Waals surface area contributed by atoms with E-state index in [1.165, 1.54) is 6.07 Å². The summed E-state index contributed by atoms with van der Waals surface area (Å²) in [6, 6.07) is 7.70. The van der Waals surface area contributed by atoms with Crippen molar-refractivity contribution in [1.82, 2.24) is 5.32 Å². The van der Waals surface area contributed by atoms with E-state index in [9.17, 15) is 4.39 Å². The molecular weight excluding hydrogens is 283 g/mol. The van der Waals surface area contributed by atoms with E-state index in [0.29, 0.717) is 11.0 Å². The van der Waals surface area contributed by atoms with Gasteiger partial charge in [-0.05, 0) is 46.5 Å². The number of nitrogens with one attached hydrogen (secondary N) is 1. The minimum Gasteiger partial charge on any atom is -0.309 e. The Morgan fingerprint density at radius 1 is 1.47 bits per heavy atom. The molecule has 2 unspecified atom stereocenters. The Kier molecular flexibility index (Phi) is 4.14. The van der Waals surface area contributed by atoms with Crippen LogP contribution in [0.5, 0.6) is 0 Å². The highest BCUT2D eigenvalue weighted by Crippen LogP contribution is 2.25.